The van der Waals surface area contributed by atoms with E-state index in [0.29, 0.717) is 0 Å². The van der Waals surface area contributed by atoms with E-state index in [4.69, 9.17) is 0 Å². The molecule has 0 radical (unpaired) electrons. The Morgan fingerprint density at radius 1 is 0.577 bits per heavy atom. The molecule has 0 N–H and O–H groups in total. The molecular formula is C22H24Br2GeSi. The van der Waals surface area contributed by atoms with Crippen LogP contribution in [-0.2, 0) is 0 Å². The van der Waals surface area contributed by atoms with Crippen LogP contribution < -0.4 is 13.2 Å². The van der Waals surface area contributed by atoms with E-state index in [-0.39, 0.29) is 1.69 Å². The van der Waals surface area contributed by atoms with Gasteiger partial charge in [0.1, 0.15) is 0 Å². The molecule has 26 heavy (non-hydrogen) atoms. The predicted molar refractivity (Wildman–Crippen MR) is 128 cm³/mol. The maximum absolute atomic E-state index is 4.30. The molecule has 3 aromatic carbocycles. The number of halogens is 2. The van der Waals surface area contributed by atoms with E-state index in [1.54, 1.807) is 0 Å². The molecule has 0 aliphatic heterocycles. The summed E-state index contributed by atoms with van der Waals surface area (Å²) < 4.78 is 4.33. The van der Waals surface area contributed by atoms with Crippen LogP contribution in [0.15, 0.2) is 91.0 Å². The second kappa shape index (κ2) is 7.78. The van der Waals surface area contributed by atoms with E-state index >= 15 is 0 Å². The zero-order valence-corrected chi connectivity index (χ0v) is 21.7. The van der Waals surface area contributed by atoms with Gasteiger partial charge in [0.05, 0.1) is 0 Å². The molecule has 0 aliphatic rings. The Morgan fingerprint density at radius 3 is 1.08 bits per heavy atom. The Morgan fingerprint density at radius 2 is 0.846 bits per heavy atom. The summed E-state index contributed by atoms with van der Waals surface area (Å²) in [7, 11) is -1.65. The maximum atomic E-state index is 4.30. The summed E-state index contributed by atoms with van der Waals surface area (Å²) in [6.07, 6.45) is 0. The molecule has 0 aromatic heterocycles. The van der Waals surface area contributed by atoms with Crippen molar-refractivity contribution in [1.82, 2.24) is 0 Å². The summed E-state index contributed by atoms with van der Waals surface area (Å²) in [4.78, 5) is 0. The first-order valence-corrected chi connectivity index (χ1v) is 18.1. The predicted octanol–water partition coefficient (Wildman–Crippen LogP) is 5.06. The van der Waals surface area contributed by atoms with Gasteiger partial charge >= 0.3 is 179 Å². The Kier molecular flexibility index (Phi) is 6.02. The van der Waals surface area contributed by atoms with Crippen molar-refractivity contribution >= 4 is 66.4 Å². The van der Waals surface area contributed by atoms with Crippen molar-refractivity contribution in [3.63, 3.8) is 0 Å². The van der Waals surface area contributed by atoms with Crippen LogP contribution in [0.5, 0.6) is 0 Å². The molecule has 0 saturated heterocycles. The van der Waals surface area contributed by atoms with Crippen molar-refractivity contribution < 1.29 is 0 Å². The van der Waals surface area contributed by atoms with Crippen LogP contribution in [0.1, 0.15) is 0 Å². The van der Waals surface area contributed by atoms with Crippen molar-refractivity contribution in [2.45, 2.75) is 21.3 Å². The Balaban J connectivity index is 2.48. The van der Waals surface area contributed by atoms with Crippen LogP contribution in [0.25, 0.3) is 0 Å². The zero-order valence-electron chi connectivity index (χ0n) is 15.4. The summed E-state index contributed by atoms with van der Waals surface area (Å²) in [5, 5.41) is 0. The number of hydrogen-bond donors (Lipinski definition) is 0. The van der Waals surface area contributed by atoms with Crippen molar-refractivity contribution in [2.75, 3.05) is 0 Å². The van der Waals surface area contributed by atoms with Crippen LogP contribution >= 0.6 is 31.9 Å². The van der Waals surface area contributed by atoms with Crippen LogP contribution in [0.4, 0.5) is 0 Å². The monoisotopic (exact) mass is 548 g/mol. The van der Waals surface area contributed by atoms with Crippen LogP contribution in [0.3, 0.4) is 0 Å². The van der Waals surface area contributed by atoms with Crippen LogP contribution in [0, 0.1) is 0 Å². The molecule has 0 nitrogen and oxygen atoms in total. The fraction of sp³-hybridized carbons (Fsp3) is 0.182. The van der Waals surface area contributed by atoms with E-state index in [0.717, 1.165) is 0 Å². The Hall–Kier alpha value is -0.620. The van der Waals surface area contributed by atoms with Gasteiger partial charge in [0, 0.05) is 0 Å². The normalized spacial score (nSPS) is 12.8. The van der Waals surface area contributed by atoms with Crippen molar-refractivity contribution in [1.29, 1.82) is 0 Å². The topological polar surface area (TPSA) is 0 Å². The summed E-state index contributed by atoms with van der Waals surface area (Å²) >= 11 is 5.49. The first-order valence-electron chi connectivity index (χ1n) is 8.86. The number of rotatable bonds is 5. The van der Waals surface area contributed by atoms with Gasteiger partial charge in [0.2, 0.25) is 0 Å². The van der Waals surface area contributed by atoms with E-state index < -0.39 is 21.3 Å². The quantitative estimate of drug-likeness (QED) is 0.309. The summed E-state index contributed by atoms with van der Waals surface area (Å²) in [5.41, 5.74) is 0. The second-order valence-electron chi connectivity index (χ2n) is 7.67. The van der Waals surface area contributed by atoms with Gasteiger partial charge in [-0.2, -0.15) is 0 Å². The van der Waals surface area contributed by atoms with Crippen LogP contribution in [0.2, 0.25) is 19.6 Å². The van der Waals surface area contributed by atoms with Crippen LogP contribution in [-0.4, -0.2) is 23.0 Å². The minimum absolute atomic E-state index is 0.0862. The van der Waals surface area contributed by atoms with E-state index in [1.807, 2.05) is 0 Å². The van der Waals surface area contributed by atoms with Gasteiger partial charge < -0.3 is 0 Å². The molecule has 0 heterocycles. The molecule has 0 atom stereocenters. The summed E-state index contributed by atoms with van der Waals surface area (Å²) in [5.74, 6) is 0. The van der Waals surface area contributed by atoms with E-state index in [1.165, 1.54) is 13.2 Å². The standard InChI is InChI=1S/C22H24Br2GeSi/c1-26(2,3)22(23,24)25(19-13-7-4-8-14-19,20-15-9-5-10-16-20)21-17-11-6-12-18-21/h4-18H,1-3H3. The fourth-order valence-corrected chi connectivity index (χ4v) is 30.0. The van der Waals surface area contributed by atoms with Gasteiger partial charge in [-0.05, 0) is 0 Å². The van der Waals surface area contributed by atoms with E-state index in [9.17, 15) is 0 Å². The molecule has 0 spiro atoms. The van der Waals surface area contributed by atoms with E-state index in [2.05, 4.69) is 142 Å². The molecule has 0 aliphatic carbocycles. The van der Waals surface area contributed by atoms with Gasteiger partial charge in [-0.15, -0.1) is 0 Å². The zero-order chi connectivity index (χ0) is 18.8. The van der Waals surface area contributed by atoms with Gasteiger partial charge in [-0.1, -0.05) is 0 Å². The van der Waals surface area contributed by atoms with Crippen molar-refractivity contribution in [3.8, 4) is 0 Å². The SMILES string of the molecule is C[Si](C)(C)[C](Br)(Br)[Ge]([c]1ccccc1)([c]1ccccc1)[c]1ccccc1. The summed E-state index contributed by atoms with van der Waals surface area (Å²) in [6.45, 7) is 7.35. The number of benzene rings is 3. The van der Waals surface area contributed by atoms with Gasteiger partial charge in [-0.25, -0.2) is 0 Å². The van der Waals surface area contributed by atoms with Gasteiger partial charge in [-0.3, -0.25) is 0 Å². The minimum atomic E-state index is -3.11. The Labute approximate surface area is 177 Å². The third-order valence-corrected chi connectivity index (χ3v) is 36.4. The van der Waals surface area contributed by atoms with Crippen molar-refractivity contribution in [3.05, 3.63) is 91.0 Å². The first-order chi connectivity index (χ1) is 12.3. The number of hydrogen-bond acceptors (Lipinski definition) is 0. The number of alkyl halides is 2. The molecule has 0 bridgehead atoms. The average Bonchev–Trinajstić information content (AvgIpc) is 2.64. The molecule has 0 saturated carbocycles. The molecule has 0 amide bonds. The first kappa shape index (κ1) is 20.1. The molecular weight excluding hydrogens is 525 g/mol. The van der Waals surface area contributed by atoms with Crippen molar-refractivity contribution in [2.24, 2.45) is 0 Å². The molecule has 134 valence electrons. The third-order valence-electron chi connectivity index (χ3n) is 5.03. The third kappa shape index (κ3) is 3.32. The fourth-order valence-electron chi connectivity index (χ4n) is 3.67. The second-order valence-corrected chi connectivity index (χ2v) is 30.3. The average molecular weight is 549 g/mol. The molecule has 3 rings (SSSR count). The Bertz CT molecular complexity index is 747. The molecule has 4 heteroatoms. The molecule has 0 fully saturated rings. The summed E-state index contributed by atoms with van der Waals surface area (Å²) in [6, 6.07) is 33.4. The molecule has 3 aromatic rings. The van der Waals surface area contributed by atoms with Gasteiger partial charge in [0.25, 0.3) is 0 Å². The molecule has 0 unspecified atom stereocenters. The van der Waals surface area contributed by atoms with Gasteiger partial charge in [0.15, 0.2) is 0 Å².